The maximum atomic E-state index is 4.65. The molecule has 1 aromatic carbocycles. The van der Waals surface area contributed by atoms with Gasteiger partial charge in [-0.2, -0.15) is 5.10 Å². The number of rotatable bonds is 5. The van der Waals surface area contributed by atoms with Crippen molar-refractivity contribution in [2.45, 2.75) is 46.7 Å². The molecular weight excluding hydrogens is 246 g/mol. The quantitative estimate of drug-likeness (QED) is 0.895. The van der Waals surface area contributed by atoms with Crippen molar-refractivity contribution in [3.8, 4) is 11.1 Å². The van der Waals surface area contributed by atoms with Gasteiger partial charge < -0.3 is 5.32 Å². The molecule has 0 saturated heterocycles. The van der Waals surface area contributed by atoms with Crippen LogP contribution >= 0.6 is 0 Å². The topological polar surface area (TPSA) is 29.9 Å². The molecule has 0 aliphatic heterocycles. The molecule has 0 amide bonds. The highest BCUT2D eigenvalue weighted by molar-refractivity contribution is 5.68. The third kappa shape index (κ3) is 2.78. The van der Waals surface area contributed by atoms with Crippen molar-refractivity contribution in [2.75, 3.05) is 7.05 Å². The first-order valence-electron chi connectivity index (χ1n) is 7.40. The zero-order valence-electron chi connectivity index (χ0n) is 13.2. The Morgan fingerprint density at radius 1 is 1.20 bits per heavy atom. The van der Waals surface area contributed by atoms with Gasteiger partial charge in [0.1, 0.15) is 0 Å². The Morgan fingerprint density at radius 2 is 1.85 bits per heavy atom. The second kappa shape index (κ2) is 6.23. The van der Waals surface area contributed by atoms with Crippen LogP contribution in [0.1, 0.15) is 43.3 Å². The van der Waals surface area contributed by atoms with Crippen LogP contribution in [0.3, 0.4) is 0 Å². The van der Waals surface area contributed by atoms with Gasteiger partial charge in [-0.1, -0.05) is 31.2 Å². The first kappa shape index (κ1) is 14.8. The van der Waals surface area contributed by atoms with Gasteiger partial charge in [0.2, 0.25) is 0 Å². The third-order valence-corrected chi connectivity index (χ3v) is 3.95. The molecule has 0 spiro atoms. The van der Waals surface area contributed by atoms with Crippen LogP contribution in [0.2, 0.25) is 0 Å². The zero-order valence-corrected chi connectivity index (χ0v) is 13.2. The van der Waals surface area contributed by atoms with Gasteiger partial charge >= 0.3 is 0 Å². The first-order chi connectivity index (χ1) is 9.58. The lowest BCUT2D eigenvalue weighted by Gasteiger charge is -2.11. The molecule has 108 valence electrons. The van der Waals surface area contributed by atoms with Gasteiger partial charge in [0.25, 0.3) is 0 Å². The van der Waals surface area contributed by atoms with Crippen LogP contribution in [0.5, 0.6) is 0 Å². The minimum atomic E-state index is 0.383. The smallest absolute Gasteiger partial charge is 0.0674 e. The number of hydrogen-bond donors (Lipinski definition) is 1. The van der Waals surface area contributed by atoms with Crippen molar-refractivity contribution in [2.24, 2.45) is 0 Å². The Kier molecular flexibility index (Phi) is 4.61. The highest BCUT2D eigenvalue weighted by Gasteiger charge is 2.13. The molecule has 1 atom stereocenters. The molecule has 0 aliphatic carbocycles. The van der Waals surface area contributed by atoms with E-state index < -0.39 is 0 Å². The Hall–Kier alpha value is -1.61. The van der Waals surface area contributed by atoms with E-state index in [1.165, 1.54) is 22.4 Å². The van der Waals surface area contributed by atoms with E-state index in [-0.39, 0.29) is 0 Å². The molecule has 3 nitrogen and oxygen atoms in total. The van der Waals surface area contributed by atoms with Crippen molar-refractivity contribution in [1.29, 1.82) is 0 Å². The summed E-state index contributed by atoms with van der Waals surface area (Å²) in [6, 6.07) is 9.19. The van der Waals surface area contributed by atoms with E-state index in [1.807, 2.05) is 7.05 Å². The number of nitrogens with one attached hydrogen (secondary N) is 1. The SMILES string of the molecule is CCCn1nc(C)c(-c2ccc(C(C)NC)cc2)c1C. The van der Waals surface area contributed by atoms with Crippen LogP contribution in [-0.4, -0.2) is 16.8 Å². The minimum Gasteiger partial charge on any atom is -0.313 e. The molecule has 1 N–H and O–H groups in total. The minimum absolute atomic E-state index is 0.383. The Labute approximate surface area is 122 Å². The molecule has 0 fully saturated rings. The number of aryl methyl sites for hydroxylation is 2. The number of hydrogen-bond acceptors (Lipinski definition) is 2. The summed E-state index contributed by atoms with van der Waals surface area (Å²) in [5, 5.41) is 7.92. The molecule has 0 radical (unpaired) electrons. The zero-order chi connectivity index (χ0) is 14.7. The fraction of sp³-hybridized carbons (Fsp3) is 0.471. The van der Waals surface area contributed by atoms with Gasteiger partial charge in [-0.25, -0.2) is 0 Å². The van der Waals surface area contributed by atoms with E-state index in [1.54, 1.807) is 0 Å². The van der Waals surface area contributed by atoms with Crippen LogP contribution in [-0.2, 0) is 6.54 Å². The highest BCUT2D eigenvalue weighted by atomic mass is 15.3. The summed E-state index contributed by atoms with van der Waals surface area (Å²) in [6.45, 7) is 9.60. The summed E-state index contributed by atoms with van der Waals surface area (Å²) in [7, 11) is 1.99. The number of benzene rings is 1. The van der Waals surface area contributed by atoms with E-state index in [9.17, 15) is 0 Å². The van der Waals surface area contributed by atoms with Crippen LogP contribution in [0.25, 0.3) is 11.1 Å². The molecule has 3 heteroatoms. The Bertz CT molecular complexity index is 567. The van der Waals surface area contributed by atoms with E-state index in [2.05, 4.69) is 67.1 Å². The standard InChI is InChI=1S/C17H25N3/c1-6-11-20-14(4)17(13(3)19-20)16-9-7-15(8-10-16)12(2)18-5/h7-10,12,18H,6,11H2,1-5H3. The largest absolute Gasteiger partial charge is 0.313 e. The average molecular weight is 271 g/mol. The number of nitrogens with zero attached hydrogens (tertiary/aromatic N) is 2. The molecule has 0 bridgehead atoms. The van der Waals surface area contributed by atoms with E-state index in [4.69, 9.17) is 0 Å². The summed E-state index contributed by atoms with van der Waals surface area (Å²) in [5.41, 5.74) is 6.23. The van der Waals surface area contributed by atoms with Gasteiger partial charge in [0.05, 0.1) is 5.69 Å². The maximum absolute atomic E-state index is 4.65. The van der Waals surface area contributed by atoms with Gasteiger partial charge in [-0.3, -0.25) is 4.68 Å². The van der Waals surface area contributed by atoms with Crippen molar-refractivity contribution >= 4 is 0 Å². The van der Waals surface area contributed by atoms with Crippen molar-refractivity contribution in [3.63, 3.8) is 0 Å². The van der Waals surface area contributed by atoms with Gasteiger partial charge in [0.15, 0.2) is 0 Å². The predicted molar refractivity (Wildman–Crippen MR) is 84.9 cm³/mol. The highest BCUT2D eigenvalue weighted by Crippen LogP contribution is 2.28. The molecule has 1 aromatic heterocycles. The van der Waals surface area contributed by atoms with Crippen LogP contribution in [0, 0.1) is 13.8 Å². The van der Waals surface area contributed by atoms with Crippen LogP contribution in [0.4, 0.5) is 0 Å². The molecule has 1 unspecified atom stereocenters. The van der Waals surface area contributed by atoms with Gasteiger partial charge in [-0.05, 0) is 45.4 Å². The summed E-state index contributed by atoms with van der Waals surface area (Å²) in [5.74, 6) is 0. The third-order valence-electron chi connectivity index (χ3n) is 3.95. The van der Waals surface area contributed by atoms with Crippen LogP contribution in [0.15, 0.2) is 24.3 Å². The second-order valence-electron chi connectivity index (χ2n) is 5.40. The van der Waals surface area contributed by atoms with Gasteiger partial charge in [-0.15, -0.1) is 0 Å². The second-order valence-corrected chi connectivity index (χ2v) is 5.40. The van der Waals surface area contributed by atoms with Crippen molar-refractivity contribution < 1.29 is 0 Å². The van der Waals surface area contributed by atoms with E-state index in [0.717, 1.165) is 18.7 Å². The van der Waals surface area contributed by atoms with Crippen LogP contribution < -0.4 is 5.32 Å². The predicted octanol–water partition coefficient (Wildman–Crippen LogP) is 3.86. The maximum Gasteiger partial charge on any atom is 0.0674 e. The number of aromatic nitrogens is 2. The fourth-order valence-corrected chi connectivity index (χ4v) is 2.65. The lowest BCUT2D eigenvalue weighted by molar-refractivity contribution is 0.583. The first-order valence-corrected chi connectivity index (χ1v) is 7.40. The summed E-state index contributed by atoms with van der Waals surface area (Å²) in [6.07, 6.45) is 1.11. The molecule has 2 rings (SSSR count). The van der Waals surface area contributed by atoms with Crippen molar-refractivity contribution in [1.82, 2.24) is 15.1 Å². The van der Waals surface area contributed by atoms with Gasteiger partial charge in [0, 0.05) is 23.8 Å². The molecule has 1 heterocycles. The van der Waals surface area contributed by atoms with E-state index in [0.29, 0.717) is 6.04 Å². The molecule has 20 heavy (non-hydrogen) atoms. The molecule has 0 saturated carbocycles. The molecule has 0 aliphatic rings. The summed E-state index contributed by atoms with van der Waals surface area (Å²) < 4.78 is 2.12. The molecular formula is C17H25N3. The van der Waals surface area contributed by atoms with Crippen molar-refractivity contribution in [3.05, 3.63) is 41.2 Å². The fourth-order valence-electron chi connectivity index (χ4n) is 2.65. The summed E-state index contributed by atoms with van der Waals surface area (Å²) >= 11 is 0. The molecule has 2 aromatic rings. The summed E-state index contributed by atoms with van der Waals surface area (Å²) in [4.78, 5) is 0. The normalized spacial score (nSPS) is 12.7. The Balaban J connectivity index is 2.37. The average Bonchev–Trinajstić information content (AvgIpc) is 2.73. The lowest BCUT2D eigenvalue weighted by atomic mass is 10.00. The lowest BCUT2D eigenvalue weighted by Crippen LogP contribution is -2.11. The van der Waals surface area contributed by atoms with E-state index >= 15 is 0 Å². The Morgan fingerprint density at radius 3 is 2.40 bits per heavy atom. The monoisotopic (exact) mass is 271 g/mol.